The van der Waals surface area contributed by atoms with Crippen molar-refractivity contribution in [3.8, 4) is 0 Å². The third-order valence-corrected chi connectivity index (χ3v) is 5.02. The minimum absolute atomic E-state index is 0.0205. The lowest BCUT2D eigenvalue weighted by Crippen LogP contribution is -2.26. The molecule has 3 N–H and O–H groups in total. The lowest BCUT2D eigenvalue weighted by atomic mass is 10.2. The number of H-pyrrole nitrogens is 1. The second-order valence-corrected chi connectivity index (χ2v) is 7.26. The number of nitrogens with zero attached hydrogens (tertiary/aromatic N) is 1. The third-order valence-electron chi connectivity index (χ3n) is 3.67. The molecule has 7 nitrogen and oxygen atoms in total. The Balaban J connectivity index is 1.76. The highest BCUT2D eigenvalue weighted by atomic mass is 32.2. The van der Waals surface area contributed by atoms with Crippen molar-refractivity contribution in [1.29, 1.82) is 0 Å². The summed E-state index contributed by atoms with van der Waals surface area (Å²) in [6.07, 6.45) is 0.996. The lowest BCUT2D eigenvalue weighted by molar-refractivity contribution is 0.0947. The van der Waals surface area contributed by atoms with Gasteiger partial charge >= 0.3 is 0 Å². The average molecular weight is 410 g/mol. The van der Waals surface area contributed by atoms with Crippen molar-refractivity contribution in [1.82, 2.24) is 15.5 Å². The monoisotopic (exact) mass is 410 g/mol. The van der Waals surface area contributed by atoms with Gasteiger partial charge in [-0.05, 0) is 30.3 Å². The summed E-state index contributed by atoms with van der Waals surface area (Å²) in [4.78, 5) is 12.3. The number of sulfonamides is 1. The Morgan fingerprint density at radius 3 is 2.39 bits per heavy atom. The molecule has 146 valence electrons. The number of hydrogen-bond acceptors (Lipinski definition) is 4. The van der Waals surface area contributed by atoms with Crippen LogP contribution in [-0.2, 0) is 16.6 Å². The molecule has 0 radical (unpaired) electrons. The van der Waals surface area contributed by atoms with Crippen LogP contribution in [0.25, 0.3) is 0 Å². The van der Waals surface area contributed by atoms with Crippen LogP contribution in [0.2, 0.25) is 0 Å². The molecule has 0 spiro atoms. The van der Waals surface area contributed by atoms with Gasteiger partial charge in [0.2, 0.25) is 0 Å². The first kappa shape index (κ1) is 19.4. The Morgan fingerprint density at radius 1 is 1.04 bits per heavy atom. The van der Waals surface area contributed by atoms with Gasteiger partial charge in [0.25, 0.3) is 15.9 Å². The predicted octanol–water partition coefficient (Wildman–Crippen LogP) is 2.56. The standard InChI is InChI=1S/C17H13F3N4O3S/c18-11-3-5-13(6-4-11)24-28(26,27)17-14(9-22-23-17)16(25)21-8-10-1-2-12(19)7-15(10)20/h1-7,9,24H,8H2,(H,21,25)(H,22,23). The molecule has 0 unspecified atom stereocenters. The zero-order valence-electron chi connectivity index (χ0n) is 14.0. The van der Waals surface area contributed by atoms with Gasteiger partial charge in [-0.15, -0.1) is 0 Å². The highest BCUT2D eigenvalue weighted by Crippen LogP contribution is 2.18. The first-order valence-electron chi connectivity index (χ1n) is 7.80. The van der Waals surface area contributed by atoms with Gasteiger partial charge in [0, 0.05) is 23.9 Å². The maximum Gasteiger partial charge on any atom is 0.279 e. The van der Waals surface area contributed by atoms with E-state index in [4.69, 9.17) is 0 Å². The molecular weight excluding hydrogens is 397 g/mol. The summed E-state index contributed by atoms with van der Waals surface area (Å²) < 4.78 is 66.7. The van der Waals surface area contributed by atoms with E-state index in [1.165, 1.54) is 12.1 Å². The molecule has 1 heterocycles. The van der Waals surface area contributed by atoms with Crippen LogP contribution in [0.15, 0.2) is 53.7 Å². The molecule has 0 bridgehead atoms. The minimum Gasteiger partial charge on any atom is -0.348 e. The molecule has 0 aliphatic carbocycles. The van der Waals surface area contributed by atoms with Gasteiger partial charge < -0.3 is 5.32 Å². The minimum atomic E-state index is -4.23. The van der Waals surface area contributed by atoms with E-state index in [1.807, 2.05) is 0 Å². The number of nitrogens with one attached hydrogen (secondary N) is 3. The summed E-state index contributed by atoms with van der Waals surface area (Å²) in [7, 11) is -4.23. The maximum atomic E-state index is 13.6. The fourth-order valence-corrected chi connectivity index (χ4v) is 3.46. The van der Waals surface area contributed by atoms with Crippen molar-refractivity contribution in [2.24, 2.45) is 0 Å². The molecule has 3 rings (SSSR count). The van der Waals surface area contributed by atoms with Gasteiger partial charge in [-0.25, -0.2) is 13.2 Å². The number of benzene rings is 2. The van der Waals surface area contributed by atoms with E-state index < -0.39 is 38.4 Å². The summed E-state index contributed by atoms with van der Waals surface area (Å²) >= 11 is 0. The topological polar surface area (TPSA) is 104 Å². The van der Waals surface area contributed by atoms with E-state index in [9.17, 15) is 26.4 Å². The molecule has 0 aliphatic heterocycles. The van der Waals surface area contributed by atoms with E-state index in [-0.39, 0.29) is 23.4 Å². The van der Waals surface area contributed by atoms with Crippen LogP contribution in [-0.4, -0.2) is 24.5 Å². The number of hydrogen-bond donors (Lipinski definition) is 3. The van der Waals surface area contributed by atoms with Crippen molar-refractivity contribution in [3.63, 3.8) is 0 Å². The van der Waals surface area contributed by atoms with E-state index in [2.05, 4.69) is 20.2 Å². The highest BCUT2D eigenvalue weighted by Gasteiger charge is 2.25. The molecule has 11 heteroatoms. The second-order valence-electron chi connectivity index (χ2n) is 5.64. The summed E-state index contributed by atoms with van der Waals surface area (Å²) in [6.45, 7) is -0.291. The Labute approximate surface area is 157 Å². The summed E-state index contributed by atoms with van der Waals surface area (Å²) in [5.74, 6) is -2.99. The van der Waals surface area contributed by atoms with E-state index in [0.29, 0.717) is 6.07 Å². The number of carbonyl (C=O) groups is 1. The van der Waals surface area contributed by atoms with Gasteiger partial charge in [0.05, 0.1) is 11.8 Å². The molecule has 0 aliphatic rings. The molecule has 3 aromatic rings. The Morgan fingerprint density at radius 2 is 1.71 bits per heavy atom. The number of aromatic amines is 1. The van der Waals surface area contributed by atoms with Gasteiger partial charge in [0.1, 0.15) is 17.5 Å². The summed E-state index contributed by atoms with van der Waals surface area (Å²) in [6, 6.07) is 7.41. The van der Waals surface area contributed by atoms with Crippen LogP contribution in [0.4, 0.5) is 18.9 Å². The predicted molar refractivity (Wildman–Crippen MR) is 93.3 cm³/mol. The number of aromatic nitrogens is 2. The van der Waals surface area contributed by atoms with Crippen LogP contribution in [0.1, 0.15) is 15.9 Å². The van der Waals surface area contributed by atoms with Crippen LogP contribution in [0.5, 0.6) is 0 Å². The maximum absolute atomic E-state index is 13.6. The highest BCUT2D eigenvalue weighted by molar-refractivity contribution is 7.92. The van der Waals surface area contributed by atoms with Crippen LogP contribution >= 0.6 is 0 Å². The normalized spacial score (nSPS) is 11.2. The zero-order chi connectivity index (χ0) is 20.3. The molecule has 0 atom stereocenters. The van der Waals surface area contributed by atoms with Crippen molar-refractivity contribution < 1.29 is 26.4 Å². The number of rotatable bonds is 6. The van der Waals surface area contributed by atoms with E-state index in [1.54, 1.807) is 0 Å². The molecule has 1 amide bonds. The third kappa shape index (κ3) is 4.31. The second kappa shape index (κ2) is 7.72. The lowest BCUT2D eigenvalue weighted by Gasteiger charge is -2.09. The molecular formula is C17H13F3N4O3S. The van der Waals surface area contributed by atoms with Crippen LogP contribution < -0.4 is 10.0 Å². The quantitative estimate of drug-likeness (QED) is 0.581. The fraction of sp³-hybridized carbons (Fsp3) is 0.0588. The van der Waals surface area contributed by atoms with Gasteiger partial charge in [-0.3, -0.25) is 14.6 Å². The summed E-state index contributed by atoms with van der Waals surface area (Å²) in [5.41, 5.74) is -0.208. The van der Waals surface area contributed by atoms with Gasteiger partial charge in [-0.1, -0.05) is 6.07 Å². The van der Waals surface area contributed by atoms with E-state index in [0.717, 1.165) is 30.5 Å². The van der Waals surface area contributed by atoms with E-state index >= 15 is 0 Å². The van der Waals surface area contributed by atoms with Crippen molar-refractivity contribution in [3.05, 3.63) is 77.2 Å². The molecule has 1 aromatic heterocycles. The van der Waals surface area contributed by atoms with Crippen LogP contribution in [0, 0.1) is 17.5 Å². The van der Waals surface area contributed by atoms with Crippen molar-refractivity contribution in [2.45, 2.75) is 11.6 Å². The fourth-order valence-electron chi connectivity index (χ4n) is 2.30. The molecule has 0 fully saturated rings. The smallest absolute Gasteiger partial charge is 0.279 e. The number of halogens is 3. The Hall–Kier alpha value is -3.34. The number of carbonyl (C=O) groups excluding carboxylic acids is 1. The molecule has 2 aromatic carbocycles. The Bertz CT molecular complexity index is 1110. The largest absolute Gasteiger partial charge is 0.348 e. The number of anilines is 1. The zero-order valence-corrected chi connectivity index (χ0v) is 14.9. The SMILES string of the molecule is O=C(NCc1ccc(F)cc1F)c1cn[nH]c1S(=O)(=O)Nc1ccc(F)cc1. The molecule has 0 saturated heterocycles. The average Bonchev–Trinajstić information content (AvgIpc) is 3.13. The first-order chi connectivity index (χ1) is 13.3. The molecule has 28 heavy (non-hydrogen) atoms. The van der Waals surface area contributed by atoms with Gasteiger partial charge in [-0.2, -0.15) is 13.5 Å². The van der Waals surface area contributed by atoms with Crippen molar-refractivity contribution in [2.75, 3.05) is 4.72 Å². The first-order valence-corrected chi connectivity index (χ1v) is 9.28. The summed E-state index contributed by atoms with van der Waals surface area (Å²) in [5, 5.41) is 7.60. The van der Waals surface area contributed by atoms with Gasteiger partial charge in [0.15, 0.2) is 5.03 Å². The van der Waals surface area contributed by atoms with Crippen molar-refractivity contribution >= 4 is 21.6 Å². The molecule has 0 saturated carbocycles. The van der Waals surface area contributed by atoms with Crippen LogP contribution in [0.3, 0.4) is 0 Å². The Kier molecular flexibility index (Phi) is 5.36. The number of amides is 1.